The van der Waals surface area contributed by atoms with E-state index in [4.69, 9.17) is 5.11 Å². The third-order valence-corrected chi connectivity index (χ3v) is 3.89. The van der Waals surface area contributed by atoms with Crippen LogP contribution >= 0.6 is 0 Å². The first kappa shape index (κ1) is 18.6. The van der Waals surface area contributed by atoms with Gasteiger partial charge in [0.15, 0.2) is 0 Å². The average molecular weight is 345 g/mol. The topological polar surface area (TPSA) is 110 Å². The van der Waals surface area contributed by atoms with Crippen LogP contribution in [0, 0.1) is 6.92 Å². The number of aliphatic carboxylic acids is 1. The number of carboxylic acid groups (broad SMARTS) is 1. The van der Waals surface area contributed by atoms with Crippen molar-refractivity contribution >= 4 is 11.9 Å². The lowest BCUT2D eigenvalue weighted by atomic mass is 10.1. The molecule has 0 radical (unpaired) electrons. The molecule has 0 bridgehead atoms. The van der Waals surface area contributed by atoms with Crippen molar-refractivity contribution in [3.63, 3.8) is 0 Å². The second kappa shape index (κ2) is 9.51. The number of rotatable bonds is 10. The Kier molecular flexibility index (Phi) is 7.06. The fraction of sp³-hybridized carbons (Fsp3) is 0.471. The molecule has 0 aliphatic carbocycles. The summed E-state index contributed by atoms with van der Waals surface area (Å²) < 4.78 is 1.53. The van der Waals surface area contributed by atoms with Crippen molar-refractivity contribution in [1.82, 2.24) is 25.5 Å². The summed E-state index contributed by atoms with van der Waals surface area (Å²) in [6.45, 7) is 2.27. The maximum absolute atomic E-state index is 12.6. The number of tetrazole rings is 1. The smallest absolute Gasteiger partial charge is 0.303 e. The zero-order valence-corrected chi connectivity index (χ0v) is 14.3. The van der Waals surface area contributed by atoms with Crippen LogP contribution in [-0.4, -0.2) is 43.7 Å². The monoisotopic (exact) mass is 345 g/mol. The van der Waals surface area contributed by atoms with Crippen LogP contribution in [0.2, 0.25) is 0 Å². The minimum Gasteiger partial charge on any atom is -0.481 e. The van der Waals surface area contributed by atoms with Crippen LogP contribution in [0.4, 0.5) is 0 Å². The Morgan fingerprint density at radius 2 is 1.96 bits per heavy atom. The van der Waals surface area contributed by atoms with E-state index >= 15 is 0 Å². The molecule has 8 nitrogen and oxygen atoms in total. The molecule has 1 amide bonds. The van der Waals surface area contributed by atoms with Gasteiger partial charge in [0.2, 0.25) is 5.91 Å². The van der Waals surface area contributed by atoms with Crippen LogP contribution in [-0.2, 0) is 16.0 Å². The van der Waals surface area contributed by atoms with E-state index in [2.05, 4.69) is 20.8 Å². The Morgan fingerprint density at radius 3 is 2.60 bits per heavy atom. The predicted octanol–water partition coefficient (Wildman–Crippen LogP) is 1.53. The molecule has 1 aromatic carbocycles. The van der Waals surface area contributed by atoms with Gasteiger partial charge in [0, 0.05) is 19.4 Å². The number of nitrogens with one attached hydrogen (secondary N) is 1. The maximum atomic E-state index is 12.6. The molecule has 134 valence electrons. The SMILES string of the molecule is Cc1nnnn1C(Cc1ccccc1)C(=O)NCCCCCC(=O)O. The molecule has 0 fully saturated rings. The second-order valence-corrected chi connectivity index (χ2v) is 5.87. The van der Waals surface area contributed by atoms with E-state index < -0.39 is 12.0 Å². The minimum atomic E-state index is -0.791. The first-order valence-corrected chi connectivity index (χ1v) is 8.36. The fourth-order valence-electron chi connectivity index (χ4n) is 2.56. The number of hydrogen-bond acceptors (Lipinski definition) is 5. The van der Waals surface area contributed by atoms with Crippen LogP contribution in [0.15, 0.2) is 30.3 Å². The van der Waals surface area contributed by atoms with Gasteiger partial charge in [-0.3, -0.25) is 9.59 Å². The Hall–Kier alpha value is -2.77. The third kappa shape index (κ3) is 5.98. The summed E-state index contributed by atoms with van der Waals surface area (Å²) in [6.07, 6.45) is 2.78. The lowest BCUT2D eigenvalue weighted by Gasteiger charge is -2.17. The molecule has 0 saturated carbocycles. The van der Waals surface area contributed by atoms with Crippen LogP contribution in [0.25, 0.3) is 0 Å². The standard InChI is InChI=1S/C17H23N5O3/c1-13-19-20-21-22(13)15(12-14-8-4-2-5-9-14)17(25)18-11-7-3-6-10-16(23)24/h2,4-5,8-9,15H,3,6-7,10-12H2,1H3,(H,18,25)(H,23,24). The molecule has 0 aliphatic heterocycles. The molecule has 0 saturated heterocycles. The molecule has 2 N–H and O–H groups in total. The molecule has 1 heterocycles. The lowest BCUT2D eigenvalue weighted by Crippen LogP contribution is -2.35. The number of carbonyl (C=O) groups excluding carboxylic acids is 1. The summed E-state index contributed by atoms with van der Waals surface area (Å²) >= 11 is 0. The Balaban J connectivity index is 1.92. The highest BCUT2D eigenvalue weighted by Crippen LogP contribution is 2.15. The van der Waals surface area contributed by atoms with Crippen molar-refractivity contribution in [1.29, 1.82) is 0 Å². The van der Waals surface area contributed by atoms with Gasteiger partial charge in [-0.25, -0.2) is 4.68 Å². The fourth-order valence-corrected chi connectivity index (χ4v) is 2.56. The Labute approximate surface area is 146 Å². The molecule has 2 aromatic rings. The third-order valence-electron chi connectivity index (χ3n) is 3.89. The molecule has 0 spiro atoms. The van der Waals surface area contributed by atoms with E-state index in [-0.39, 0.29) is 12.3 Å². The highest BCUT2D eigenvalue weighted by Gasteiger charge is 2.23. The van der Waals surface area contributed by atoms with E-state index in [9.17, 15) is 9.59 Å². The summed E-state index contributed by atoms with van der Waals surface area (Å²) in [7, 11) is 0. The van der Waals surface area contributed by atoms with Crippen LogP contribution < -0.4 is 5.32 Å². The van der Waals surface area contributed by atoms with Gasteiger partial charge >= 0.3 is 5.97 Å². The molecule has 8 heteroatoms. The van der Waals surface area contributed by atoms with Crippen LogP contribution in [0.5, 0.6) is 0 Å². The van der Waals surface area contributed by atoms with Gasteiger partial charge in [0.05, 0.1) is 0 Å². The molecule has 1 aromatic heterocycles. The molecular weight excluding hydrogens is 322 g/mol. The highest BCUT2D eigenvalue weighted by molar-refractivity contribution is 5.80. The summed E-state index contributed by atoms with van der Waals surface area (Å²) in [5.41, 5.74) is 1.03. The van der Waals surface area contributed by atoms with Gasteiger partial charge in [0.1, 0.15) is 11.9 Å². The van der Waals surface area contributed by atoms with Crippen molar-refractivity contribution < 1.29 is 14.7 Å². The molecule has 2 rings (SSSR count). The second-order valence-electron chi connectivity index (χ2n) is 5.87. The van der Waals surface area contributed by atoms with Crippen molar-refractivity contribution in [2.75, 3.05) is 6.54 Å². The number of nitrogens with zero attached hydrogens (tertiary/aromatic N) is 4. The van der Waals surface area contributed by atoms with Gasteiger partial charge in [0.25, 0.3) is 0 Å². The van der Waals surface area contributed by atoms with Gasteiger partial charge < -0.3 is 10.4 Å². The zero-order valence-electron chi connectivity index (χ0n) is 14.3. The van der Waals surface area contributed by atoms with Crippen molar-refractivity contribution in [2.24, 2.45) is 0 Å². The van der Waals surface area contributed by atoms with E-state index in [1.165, 1.54) is 4.68 Å². The first-order valence-electron chi connectivity index (χ1n) is 8.36. The number of aromatic nitrogens is 4. The molecule has 0 aliphatic rings. The quantitative estimate of drug-likeness (QED) is 0.632. The summed E-state index contributed by atoms with van der Waals surface area (Å²) in [6, 6.07) is 9.20. The first-order chi connectivity index (χ1) is 12.1. The van der Waals surface area contributed by atoms with E-state index in [1.807, 2.05) is 30.3 Å². The van der Waals surface area contributed by atoms with Crippen molar-refractivity contribution in [2.45, 2.75) is 45.1 Å². The van der Waals surface area contributed by atoms with Crippen molar-refractivity contribution in [3.05, 3.63) is 41.7 Å². The maximum Gasteiger partial charge on any atom is 0.303 e. The largest absolute Gasteiger partial charge is 0.481 e. The number of benzene rings is 1. The van der Waals surface area contributed by atoms with Crippen LogP contribution in [0.1, 0.15) is 43.1 Å². The molecule has 1 atom stereocenters. The van der Waals surface area contributed by atoms with Gasteiger partial charge in [-0.05, 0) is 35.8 Å². The minimum absolute atomic E-state index is 0.141. The van der Waals surface area contributed by atoms with Gasteiger partial charge in [-0.15, -0.1) is 5.10 Å². The highest BCUT2D eigenvalue weighted by atomic mass is 16.4. The Bertz CT molecular complexity index is 687. The number of unbranched alkanes of at least 4 members (excludes halogenated alkanes) is 2. The summed E-state index contributed by atoms with van der Waals surface area (Å²) in [5.74, 6) is -0.351. The molecule has 1 unspecified atom stereocenters. The predicted molar refractivity (Wildman–Crippen MR) is 90.9 cm³/mol. The Morgan fingerprint density at radius 1 is 1.20 bits per heavy atom. The van der Waals surface area contributed by atoms with Crippen molar-refractivity contribution in [3.8, 4) is 0 Å². The lowest BCUT2D eigenvalue weighted by molar-refractivity contribution is -0.137. The number of amides is 1. The average Bonchev–Trinajstić information content (AvgIpc) is 3.02. The van der Waals surface area contributed by atoms with E-state index in [0.29, 0.717) is 25.2 Å². The number of carboxylic acids is 1. The van der Waals surface area contributed by atoms with E-state index in [0.717, 1.165) is 18.4 Å². The normalized spacial score (nSPS) is 11.9. The number of hydrogen-bond donors (Lipinski definition) is 2. The summed E-state index contributed by atoms with van der Waals surface area (Å²) in [4.78, 5) is 23.1. The summed E-state index contributed by atoms with van der Waals surface area (Å²) in [5, 5.41) is 23.0. The zero-order chi connectivity index (χ0) is 18.1. The molecule has 25 heavy (non-hydrogen) atoms. The van der Waals surface area contributed by atoms with Gasteiger partial charge in [-0.1, -0.05) is 36.8 Å². The number of carbonyl (C=O) groups is 2. The van der Waals surface area contributed by atoms with Gasteiger partial charge in [-0.2, -0.15) is 0 Å². The molecular formula is C17H23N5O3. The number of aryl methyl sites for hydroxylation is 1. The van der Waals surface area contributed by atoms with Crippen LogP contribution in [0.3, 0.4) is 0 Å². The van der Waals surface area contributed by atoms with E-state index in [1.54, 1.807) is 6.92 Å².